The molecule has 1 N–H and O–H groups in total. The fraction of sp³-hybridized carbons (Fsp3) is 0.556. The summed E-state index contributed by atoms with van der Waals surface area (Å²) in [5.74, 6) is -0.834. The van der Waals surface area contributed by atoms with Gasteiger partial charge in [-0.15, -0.1) is 11.3 Å². The van der Waals surface area contributed by atoms with E-state index in [9.17, 15) is 9.90 Å². The van der Waals surface area contributed by atoms with Gasteiger partial charge in [-0.25, -0.2) is 9.78 Å². The molecule has 2 aliphatic rings. The molecule has 0 aliphatic carbocycles. The predicted octanol–water partition coefficient (Wildman–Crippen LogP) is 2.73. The highest BCUT2D eigenvalue weighted by atomic mass is 32.1. The summed E-state index contributed by atoms with van der Waals surface area (Å²) < 4.78 is 8.41. The molecule has 0 atom stereocenters. The van der Waals surface area contributed by atoms with Gasteiger partial charge in [-0.05, 0) is 37.8 Å². The molecule has 0 amide bonds. The van der Waals surface area contributed by atoms with Crippen LogP contribution in [0.25, 0.3) is 0 Å². The van der Waals surface area contributed by atoms with E-state index in [-0.39, 0.29) is 5.60 Å². The SMILES string of the molecule is CCn1cncc1CN1CCC2(CC1)OCCc1cc(C(=O)O)sc12. The van der Waals surface area contributed by atoms with E-state index in [0.29, 0.717) is 11.5 Å². The molecule has 2 aromatic rings. The van der Waals surface area contributed by atoms with Crippen molar-refractivity contribution in [1.82, 2.24) is 14.5 Å². The normalized spacial score (nSPS) is 19.9. The smallest absolute Gasteiger partial charge is 0.345 e. The lowest BCUT2D eigenvalue weighted by Crippen LogP contribution is -2.45. The van der Waals surface area contributed by atoms with Gasteiger partial charge in [0, 0.05) is 37.3 Å². The molecule has 2 aromatic heterocycles. The Kier molecular flexibility index (Phi) is 4.39. The number of aromatic carboxylic acids is 1. The third kappa shape index (κ3) is 3.01. The van der Waals surface area contributed by atoms with Crippen LogP contribution < -0.4 is 0 Å². The minimum Gasteiger partial charge on any atom is -0.477 e. The van der Waals surface area contributed by atoms with Crippen molar-refractivity contribution in [3.05, 3.63) is 39.6 Å². The first-order valence-electron chi connectivity index (χ1n) is 8.83. The van der Waals surface area contributed by atoms with E-state index < -0.39 is 5.97 Å². The van der Waals surface area contributed by atoms with Crippen molar-refractivity contribution in [3.63, 3.8) is 0 Å². The second-order valence-corrected chi connectivity index (χ2v) is 7.86. The molecule has 0 radical (unpaired) electrons. The summed E-state index contributed by atoms with van der Waals surface area (Å²) in [6.45, 7) is 6.56. The zero-order valence-corrected chi connectivity index (χ0v) is 15.2. The van der Waals surface area contributed by atoms with E-state index in [1.165, 1.54) is 22.6 Å². The molecule has 7 heteroatoms. The highest BCUT2D eigenvalue weighted by Gasteiger charge is 2.42. The number of likely N-dealkylation sites (tertiary alicyclic amines) is 1. The largest absolute Gasteiger partial charge is 0.477 e. The molecule has 1 saturated heterocycles. The number of carboxylic acid groups (broad SMARTS) is 1. The third-order valence-electron chi connectivity index (χ3n) is 5.37. The number of rotatable bonds is 4. The van der Waals surface area contributed by atoms with Crippen LogP contribution in [0, 0.1) is 0 Å². The Labute approximate surface area is 151 Å². The Morgan fingerprint density at radius 3 is 2.96 bits per heavy atom. The van der Waals surface area contributed by atoms with Gasteiger partial charge in [0.05, 0.1) is 18.6 Å². The lowest BCUT2D eigenvalue weighted by Gasteiger charge is -2.43. The van der Waals surface area contributed by atoms with Crippen LogP contribution in [0.1, 0.15) is 45.6 Å². The average molecular weight is 361 g/mol. The first kappa shape index (κ1) is 16.8. The van der Waals surface area contributed by atoms with Gasteiger partial charge in [0.15, 0.2) is 0 Å². The molecule has 6 nitrogen and oxygen atoms in total. The summed E-state index contributed by atoms with van der Waals surface area (Å²) in [7, 11) is 0. The zero-order chi connectivity index (χ0) is 17.4. The van der Waals surface area contributed by atoms with Gasteiger partial charge in [-0.1, -0.05) is 0 Å². The topological polar surface area (TPSA) is 67.6 Å². The van der Waals surface area contributed by atoms with E-state index in [4.69, 9.17) is 4.74 Å². The van der Waals surface area contributed by atoms with Crippen LogP contribution in [-0.4, -0.2) is 45.2 Å². The summed E-state index contributed by atoms with van der Waals surface area (Å²) >= 11 is 1.40. The van der Waals surface area contributed by atoms with Crippen molar-refractivity contribution in [1.29, 1.82) is 0 Å². The molecule has 2 aliphatic heterocycles. The number of imidazole rings is 1. The Hall–Kier alpha value is -1.70. The van der Waals surface area contributed by atoms with Crippen LogP contribution in [0.4, 0.5) is 0 Å². The van der Waals surface area contributed by atoms with Crippen molar-refractivity contribution < 1.29 is 14.6 Å². The Morgan fingerprint density at radius 1 is 1.44 bits per heavy atom. The molecule has 0 unspecified atom stereocenters. The number of aromatic nitrogens is 2. The van der Waals surface area contributed by atoms with E-state index in [0.717, 1.165) is 50.3 Å². The average Bonchev–Trinajstić information content (AvgIpc) is 3.24. The van der Waals surface area contributed by atoms with Crippen molar-refractivity contribution >= 4 is 17.3 Å². The monoisotopic (exact) mass is 361 g/mol. The first-order chi connectivity index (χ1) is 12.1. The number of thiophene rings is 1. The van der Waals surface area contributed by atoms with Crippen molar-refractivity contribution in [2.75, 3.05) is 19.7 Å². The molecule has 4 heterocycles. The minimum absolute atomic E-state index is 0.284. The van der Waals surface area contributed by atoms with Crippen LogP contribution in [-0.2, 0) is 29.8 Å². The summed E-state index contributed by atoms with van der Waals surface area (Å²) in [6.07, 6.45) is 6.48. The molecule has 1 spiro atoms. The minimum atomic E-state index is -0.834. The maximum Gasteiger partial charge on any atom is 0.345 e. The second kappa shape index (κ2) is 6.55. The molecule has 4 rings (SSSR count). The van der Waals surface area contributed by atoms with E-state index in [1.54, 1.807) is 0 Å². The Balaban J connectivity index is 1.49. The maximum atomic E-state index is 11.3. The van der Waals surface area contributed by atoms with E-state index >= 15 is 0 Å². The van der Waals surface area contributed by atoms with Crippen molar-refractivity contribution in [3.8, 4) is 0 Å². The summed E-state index contributed by atoms with van der Waals surface area (Å²) in [5, 5.41) is 9.31. The number of piperidine rings is 1. The fourth-order valence-electron chi connectivity index (χ4n) is 3.96. The number of hydrogen-bond donors (Lipinski definition) is 1. The van der Waals surface area contributed by atoms with Crippen LogP contribution >= 0.6 is 11.3 Å². The van der Waals surface area contributed by atoms with E-state index in [2.05, 4.69) is 21.4 Å². The third-order valence-corrected chi connectivity index (χ3v) is 6.72. The fourth-order valence-corrected chi connectivity index (χ4v) is 5.21. The molecular weight excluding hydrogens is 338 g/mol. The van der Waals surface area contributed by atoms with Crippen LogP contribution in [0.3, 0.4) is 0 Å². The predicted molar refractivity (Wildman–Crippen MR) is 95.0 cm³/mol. The van der Waals surface area contributed by atoms with Gasteiger partial charge in [-0.2, -0.15) is 0 Å². The number of aryl methyl sites for hydroxylation is 1. The van der Waals surface area contributed by atoms with Gasteiger partial charge >= 0.3 is 5.97 Å². The highest BCUT2D eigenvalue weighted by molar-refractivity contribution is 7.14. The molecule has 0 saturated carbocycles. The number of nitrogens with zero attached hydrogens (tertiary/aromatic N) is 3. The molecule has 1 fully saturated rings. The highest BCUT2D eigenvalue weighted by Crippen LogP contribution is 2.45. The van der Waals surface area contributed by atoms with Gasteiger partial charge in [-0.3, -0.25) is 4.90 Å². The second-order valence-electron chi connectivity index (χ2n) is 6.81. The summed E-state index contributed by atoms with van der Waals surface area (Å²) in [4.78, 5) is 19.6. The maximum absolute atomic E-state index is 11.3. The summed E-state index contributed by atoms with van der Waals surface area (Å²) in [5.41, 5.74) is 2.13. The summed E-state index contributed by atoms with van der Waals surface area (Å²) in [6, 6.07) is 1.85. The number of carboxylic acids is 1. The number of carbonyl (C=O) groups is 1. The Morgan fingerprint density at radius 2 is 2.24 bits per heavy atom. The van der Waals surface area contributed by atoms with Crippen molar-refractivity contribution in [2.45, 2.75) is 44.9 Å². The van der Waals surface area contributed by atoms with Crippen LogP contribution in [0.2, 0.25) is 0 Å². The van der Waals surface area contributed by atoms with Gasteiger partial charge in [0.2, 0.25) is 0 Å². The first-order valence-corrected chi connectivity index (χ1v) is 9.65. The molecule has 0 aromatic carbocycles. The van der Waals surface area contributed by atoms with E-state index in [1.807, 2.05) is 18.6 Å². The molecular formula is C18H23N3O3S. The molecule has 134 valence electrons. The van der Waals surface area contributed by atoms with Crippen molar-refractivity contribution in [2.24, 2.45) is 0 Å². The number of hydrogen-bond acceptors (Lipinski definition) is 5. The molecule has 0 bridgehead atoms. The lowest BCUT2D eigenvalue weighted by atomic mass is 9.85. The van der Waals surface area contributed by atoms with Crippen LogP contribution in [0.5, 0.6) is 0 Å². The van der Waals surface area contributed by atoms with Gasteiger partial charge in [0.1, 0.15) is 10.5 Å². The Bertz CT molecular complexity index is 774. The number of ether oxygens (including phenoxy) is 1. The number of fused-ring (bicyclic) bond motifs is 2. The van der Waals surface area contributed by atoms with Gasteiger partial charge < -0.3 is 14.4 Å². The molecule has 25 heavy (non-hydrogen) atoms. The zero-order valence-electron chi connectivity index (χ0n) is 14.4. The quantitative estimate of drug-likeness (QED) is 0.907. The van der Waals surface area contributed by atoms with Crippen LogP contribution in [0.15, 0.2) is 18.6 Å². The van der Waals surface area contributed by atoms with Gasteiger partial charge in [0.25, 0.3) is 0 Å². The lowest BCUT2D eigenvalue weighted by molar-refractivity contribution is -0.0962. The standard InChI is InChI=1S/C18H23N3O3S/c1-2-21-12-19-10-14(21)11-20-6-4-18(5-7-20)16-13(3-8-24-18)9-15(25-16)17(22)23/h9-10,12H,2-8,11H2,1H3,(H,22,23).